The summed E-state index contributed by atoms with van der Waals surface area (Å²) in [5, 5.41) is 3.08. The third-order valence-electron chi connectivity index (χ3n) is 5.70. The summed E-state index contributed by atoms with van der Waals surface area (Å²) < 4.78 is 1.95. The number of benzene rings is 2. The Labute approximate surface area is 170 Å². The molecule has 0 saturated carbocycles. The Hall–Kier alpha value is -3.15. The second kappa shape index (κ2) is 7.35. The van der Waals surface area contributed by atoms with Crippen molar-refractivity contribution >= 4 is 22.8 Å². The van der Waals surface area contributed by atoms with Gasteiger partial charge in [0.05, 0.1) is 17.1 Å². The van der Waals surface area contributed by atoms with Gasteiger partial charge in [-0.1, -0.05) is 23.8 Å². The number of nitrogens with one attached hydrogen (secondary N) is 1. The van der Waals surface area contributed by atoms with Gasteiger partial charge in [0.25, 0.3) is 11.8 Å². The van der Waals surface area contributed by atoms with Crippen molar-refractivity contribution in [1.82, 2.24) is 19.8 Å². The van der Waals surface area contributed by atoms with E-state index in [0.717, 1.165) is 23.2 Å². The van der Waals surface area contributed by atoms with Crippen molar-refractivity contribution in [2.45, 2.75) is 40.3 Å². The van der Waals surface area contributed by atoms with Crippen LogP contribution in [0.3, 0.4) is 0 Å². The minimum Gasteiger partial charge on any atom is -0.346 e. The van der Waals surface area contributed by atoms with Crippen molar-refractivity contribution < 1.29 is 9.59 Å². The molecule has 3 aromatic rings. The summed E-state index contributed by atoms with van der Waals surface area (Å²) in [6, 6.07) is 11.6. The van der Waals surface area contributed by atoms with Crippen molar-refractivity contribution in [2.24, 2.45) is 0 Å². The summed E-state index contributed by atoms with van der Waals surface area (Å²) >= 11 is 0. The van der Waals surface area contributed by atoms with Crippen LogP contribution in [-0.4, -0.2) is 39.4 Å². The van der Waals surface area contributed by atoms with E-state index in [0.29, 0.717) is 30.0 Å². The number of rotatable bonds is 4. The lowest BCUT2D eigenvalue weighted by atomic mass is 10.00. The molecule has 1 aliphatic heterocycles. The van der Waals surface area contributed by atoms with E-state index in [1.54, 1.807) is 17.0 Å². The molecule has 2 amide bonds. The van der Waals surface area contributed by atoms with E-state index in [1.165, 1.54) is 5.56 Å². The van der Waals surface area contributed by atoms with Crippen LogP contribution in [0.25, 0.3) is 11.0 Å². The van der Waals surface area contributed by atoms with Crippen molar-refractivity contribution in [3.63, 3.8) is 0 Å². The van der Waals surface area contributed by atoms with Gasteiger partial charge in [-0.05, 0) is 57.0 Å². The van der Waals surface area contributed by atoms with Crippen LogP contribution in [0.15, 0.2) is 36.4 Å². The van der Waals surface area contributed by atoms with Crippen LogP contribution in [0, 0.1) is 13.8 Å². The minimum absolute atomic E-state index is 0.0515. The maximum Gasteiger partial charge on any atom is 0.289 e. The summed E-state index contributed by atoms with van der Waals surface area (Å²) in [6.45, 7) is 10.2. The third-order valence-corrected chi connectivity index (χ3v) is 5.70. The Bertz CT molecular complexity index is 1120. The molecule has 1 aromatic heterocycles. The number of carbonyl (C=O) groups is 2. The minimum atomic E-state index is -0.146. The molecule has 0 bridgehead atoms. The Morgan fingerprint density at radius 1 is 1.17 bits per heavy atom. The predicted octanol–water partition coefficient (Wildman–Crippen LogP) is 3.62. The molecule has 6 heteroatoms. The van der Waals surface area contributed by atoms with Crippen LogP contribution >= 0.6 is 0 Å². The molecule has 1 atom stereocenters. The summed E-state index contributed by atoms with van der Waals surface area (Å²) in [6.07, 6.45) is 0. The molecule has 0 unspecified atom stereocenters. The number of nitrogens with zero attached hydrogens (tertiary/aromatic N) is 3. The molecule has 0 radical (unpaired) electrons. The first-order valence-corrected chi connectivity index (χ1v) is 10.1. The number of likely N-dealkylation sites (N-methyl/N-ethyl adjacent to an activating group) is 1. The van der Waals surface area contributed by atoms with Crippen molar-refractivity contribution in [3.8, 4) is 0 Å². The van der Waals surface area contributed by atoms with Crippen LogP contribution < -0.4 is 5.32 Å². The average Bonchev–Trinajstić information content (AvgIpc) is 3.07. The molecule has 0 spiro atoms. The van der Waals surface area contributed by atoms with Gasteiger partial charge in [-0.15, -0.1) is 0 Å². The highest BCUT2D eigenvalue weighted by molar-refractivity contribution is 6.00. The van der Waals surface area contributed by atoms with Gasteiger partial charge in [0.15, 0.2) is 5.82 Å². The highest BCUT2D eigenvalue weighted by atomic mass is 16.2. The highest BCUT2D eigenvalue weighted by Crippen LogP contribution is 2.23. The Balaban J connectivity index is 1.59. The summed E-state index contributed by atoms with van der Waals surface area (Å²) in [7, 11) is 0. The molecular weight excluding hydrogens is 364 g/mol. The van der Waals surface area contributed by atoms with Gasteiger partial charge in [0, 0.05) is 25.2 Å². The highest BCUT2D eigenvalue weighted by Gasteiger charge is 2.27. The van der Waals surface area contributed by atoms with Crippen molar-refractivity contribution in [3.05, 3.63) is 64.5 Å². The predicted molar refractivity (Wildman–Crippen MR) is 113 cm³/mol. The summed E-state index contributed by atoms with van der Waals surface area (Å²) in [4.78, 5) is 31.7. The molecule has 29 heavy (non-hydrogen) atoms. The molecule has 2 aromatic carbocycles. The number of carbonyl (C=O) groups excluding carboxylic acids is 2. The zero-order valence-corrected chi connectivity index (χ0v) is 17.3. The molecule has 1 N–H and O–H groups in total. The number of hydrogen-bond donors (Lipinski definition) is 1. The van der Waals surface area contributed by atoms with Gasteiger partial charge in [-0.25, -0.2) is 4.98 Å². The van der Waals surface area contributed by atoms with Gasteiger partial charge >= 0.3 is 0 Å². The quantitative estimate of drug-likeness (QED) is 0.740. The maximum absolute atomic E-state index is 12.8. The normalized spacial score (nSPS) is 14.8. The average molecular weight is 390 g/mol. The second-order valence-electron chi connectivity index (χ2n) is 7.73. The van der Waals surface area contributed by atoms with Crippen LogP contribution in [0.5, 0.6) is 0 Å². The SMILES string of the molecule is CCN1CCn2c(nc3cc(C(=O)N[C@@H](C)c4ccc(C)cc4C)ccc32)C1=O. The largest absolute Gasteiger partial charge is 0.346 e. The van der Waals surface area contributed by atoms with Crippen LogP contribution in [0.4, 0.5) is 0 Å². The van der Waals surface area contributed by atoms with E-state index in [2.05, 4.69) is 42.3 Å². The Morgan fingerprint density at radius 3 is 2.69 bits per heavy atom. The Kier molecular flexibility index (Phi) is 4.86. The van der Waals surface area contributed by atoms with Gasteiger partial charge in [0.2, 0.25) is 0 Å². The number of amides is 2. The third kappa shape index (κ3) is 3.39. The fraction of sp³-hybridized carbons (Fsp3) is 0.348. The smallest absolute Gasteiger partial charge is 0.289 e. The molecular formula is C23H26N4O2. The van der Waals surface area contributed by atoms with Crippen molar-refractivity contribution in [1.29, 1.82) is 0 Å². The monoisotopic (exact) mass is 390 g/mol. The maximum atomic E-state index is 12.8. The number of fused-ring (bicyclic) bond motifs is 3. The molecule has 0 aliphatic carbocycles. The van der Waals surface area contributed by atoms with E-state index in [-0.39, 0.29) is 17.9 Å². The van der Waals surface area contributed by atoms with E-state index in [9.17, 15) is 9.59 Å². The zero-order chi connectivity index (χ0) is 20.7. The molecule has 4 rings (SSSR count). The summed E-state index contributed by atoms with van der Waals surface area (Å²) in [5.74, 6) is 0.255. The van der Waals surface area contributed by atoms with E-state index in [4.69, 9.17) is 0 Å². The van der Waals surface area contributed by atoms with Gasteiger partial charge in [0.1, 0.15) is 0 Å². The first-order chi connectivity index (χ1) is 13.9. The fourth-order valence-corrected chi connectivity index (χ4v) is 4.10. The Morgan fingerprint density at radius 2 is 1.97 bits per heavy atom. The van der Waals surface area contributed by atoms with E-state index < -0.39 is 0 Å². The molecule has 0 saturated heterocycles. The fourth-order valence-electron chi connectivity index (χ4n) is 4.10. The van der Waals surface area contributed by atoms with E-state index >= 15 is 0 Å². The van der Waals surface area contributed by atoms with Gasteiger partial charge in [-0.3, -0.25) is 9.59 Å². The van der Waals surface area contributed by atoms with E-state index in [1.807, 2.05) is 24.5 Å². The first kappa shape index (κ1) is 19.2. The molecule has 2 heterocycles. The number of hydrogen-bond acceptors (Lipinski definition) is 3. The number of imidazole rings is 1. The molecule has 0 fully saturated rings. The lowest BCUT2D eigenvalue weighted by Crippen LogP contribution is -2.40. The molecule has 1 aliphatic rings. The van der Waals surface area contributed by atoms with Gasteiger partial charge < -0.3 is 14.8 Å². The number of aryl methyl sites for hydroxylation is 2. The lowest BCUT2D eigenvalue weighted by molar-refractivity contribution is 0.0709. The summed E-state index contributed by atoms with van der Waals surface area (Å²) in [5.41, 5.74) is 5.59. The number of aromatic nitrogens is 2. The second-order valence-corrected chi connectivity index (χ2v) is 7.73. The van der Waals surface area contributed by atoms with Crippen LogP contribution in [0.2, 0.25) is 0 Å². The van der Waals surface area contributed by atoms with Gasteiger partial charge in [-0.2, -0.15) is 0 Å². The standard InChI is InChI=1S/C23H26N4O2/c1-5-26-10-11-27-20-9-7-17(13-19(20)25-21(27)23(26)29)22(28)24-16(4)18-8-6-14(2)12-15(18)3/h6-9,12-13,16H,5,10-11H2,1-4H3,(H,24,28)/t16-/m0/s1. The van der Waals surface area contributed by atoms with Crippen LogP contribution in [-0.2, 0) is 6.54 Å². The van der Waals surface area contributed by atoms with Crippen LogP contribution in [0.1, 0.15) is 57.6 Å². The first-order valence-electron chi connectivity index (χ1n) is 10.1. The topological polar surface area (TPSA) is 67.2 Å². The molecule has 150 valence electrons. The molecule has 6 nitrogen and oxygen atoms in total. The lowest BCUT2D eigenvalue weighted by Gasteiger charge is -2.26. The van der Waals surface area contributed by atoms with Crippen molar-refractivity contribution in [2.75, 3.05) is 13.1 Å². The zero-order valence-electron chi connectivity index (χ0n) is 17.3.